The molecule has 0 amide bonds. The first kappa shape index (κ1) is 7.25. The number of rotatable bonds is 0. The van der Waals surface area contributed by atoms with Crippen molar-refractivity contribution in [1.82, 2.24) is 6.15 Å². The zero-order valence-electron chi connectivity index (χ0n) is 5.84. The van der Waals surface area contributed by atoms with Gasteiger partial charge < -0.3 is 10.9 Å². The molecule has 1 aromatic carbocycles. The van der Waals surface area contributed by atoms with Crippen LogP contribution in [-0.2, 0) is 18.0 Å². The first-order valence-electron chi connectivity index (χ1n) is 3.11. The number of hydrogen-bond acceptors (Lipinski definition) is 2. The van der Waals surface area contributed by atoms with Gasteiger partial charge in [-0.3, -0.25) is 0 Å². The second-order valence-electron chi connectivity index (χ2n) is 2.26. The van der Waals surface area contributed by atoms with Crippen molar-refractivity contribution in [3.63, 3.8) is 0 Å². The highest BCUT2D eigenvalue weighted by Gasteiger charge is 2.07. The van der Waals surface area contributed by atoms with E-state index in [4.69, 9.17) is 4.74 Å². The second-order valence-corrected chi connectivity index (χ2v) is 2.26. The van der Waals surface area contributed by atoms with E-state index in [0.29, 0.717) is 0 Å². The third kappa shape index (κ3) is 1.03. The van der Waals surface area contributed by atoms with Crippen LogP contribution in [0.15, 0.2) is 24.3 Å². The lowest BCUT2D eigenvalue weighted by Gasteiger charge is -1.90. The fourth-order valence-corrected chi connectivity index (χ4v) is 1.11. The molecule has 0 bridgehead atoms. The largest absolute Gasteiger partial charge is 0.372 e. The summed E-state index contributed by atoms with van der Waals surface area (Å²) in [6.07, 6.45) is 0. The summed E-state index contributed by atoms with van der Waals surface area (Å²) in [7, 11) is 0. The minimum absolute atomic E-state index is 0. The van der Waals surface area contributed by atoms with Crippen LogP contribution in [0.5, 0.6) is 0 Å². The summed E-state index contributed by atoms with van der Waals surface area (Å²) in [4.78, 5) is 0. The van der Waals surface area contributed by atoms with Gasteiger partial charge in [-0.1, -0.05) is 24.3 Å². The molecule has 2 heteroatoms. The fraction of sp³-hybridized carbons (Fsp3) is 0.250. The summed E-state index contributed by atoms with van der Waals surface area (Å²) in [5, 5.41) is 0. The molecule has 0 aliphatic carbocycles. The predicted molar refractivity (Wildman–Crippen MR) is 40.0 cm³/mol. The van der Waals surface area contributed by atoms with E-state index in [1.807, 2.05) is 12.1 Å². The molecule has 2 nitrogen and oxygen atoms in total. The van der Waals surface area contributed by atoms with Gasteiger partial charge in [0.05, 0.1) is 13.2 Å². The molecule has 0 unspecified atom stereocenters. The Hall–Kier alpha value is -0.860. The highest BCUT2D eigenvalue weighted by atomic mass is 16.5. The summed E-state index contributed by atoms with van der Waals surface area (Å²) >= 11 is 0. The molecule has 1 heterocycles. The lowest BCUT2D eigenvalue weighted by atomic mass is 10.1. The molecule has 0 spiro atoms. The maximum absolute atomic E-state index is 5.21. The van der Waals surface area contributed by atoms with Crippen LogP contribution < -0.4 is 6.15 Å². The van der Waals surface area contributed by atoms with E-state index in [1.54, 1.807) is 0 Å². The van der Waals surface area contributed by atoms with Crippen molar-refractivity contribution >= 4 is 0 Å². The summed E-state index contributed by atoms with van der Waals surface area (Å²) in [6, 6.07) is 8.33. The van der Waals surface area contributed by atoms with Gasteiger partial charge in [-0.15, -0.1) is 0 Å². The first-order chi connectivity index (χ1) is 4.47. The average molecular weight is 137 g/mol. The Morgan fingerprint density at radius 1 is 1.00 bits per heavy atom. The molecule has 1 aliphatic heterocycles. The van der Waals surface area contributed by atoms with Crippen molar-refractivity contribution in [2.24, 2.45) is 0 Å². The van der Waals surface area contributed by atoms with Gasteiger partial charge >= 0.3 is 0 Å². The van der Waals surface area contributed by atoms with E-state index in [1.165, 1.54) is 11.1 Å². The summed E-state index contributed by atoms with van der Waals surface area (Å²) in [6.45, 7) is 1.60. The molecule has 10 heavy (non-hydrogen) atoms. The van der Waals surface area contributed by atoms with Crippen LogP contribution in [-0.4, -0.2) is 0 Å². The third-order valence-electron chi connectivity index (χ3n) is 1.63. The number of hydrogen-bond donors (Lipinski definition) is 1. The molecule has 1 aromatic rings. The zero-order valence-corrected chi connectivity index (χ0v) is 5.84. The number of ether oxygens (including phenoxy) is 1. The average Bonchev–Trinajstić information content (AvgIpc) is 2.33. The number of fused-ring (bicyclic) bond motifs is 1. The van der Waals surface area contributed by atoms with Crippen molar-refractivity contribution in [3.8, 4) is 0 Å². The highest BCUT2D eigenvalue weighted by molar-refractivity contribution is 5.27. The molecule has 3 N–H and O–H groups in total. The Kier molecular flexibility index (Phi) is 2.04. The maximum Gasteiger partial charge on any atom is 0.0724 e. The van der Waals surface area contributed by atoms with Gasteiger partial charge in [-0.05, 0) is 11.1 Å². The van der Waals surface area contributed by atoms with Gasteiger partial charge in [0, 0.05) is 0 Å². The van der Waals surface area contributed by atoms with Gasteiger partial charge in [-0.25, -0.2) is 0 Å². The van der Waals surface area contributed by atoms with Gasteiger partial charge in [-0.2, -0.15) is 0 Å². The molecular weight excluding hydrogens is 126 g/mol. The predicted octanol–water partition coefficient (Wildman–Crippen LogP) is 1.88. The summed E-state index contributed by atoms with van der Waals surface area (Å²) in [5.74, 6) is 0. The second kappa shape index (κ2) is 2.82. The Morgan fingerprint density at radius 2 is 1.50 bits per heavy atom. The van der Waals surface area contributed by atoms with Crippen LogP contribution in [0.1, 0.15) is 11.1 Å². The normalized spacial score (nSPS) is 14.0. The van der Waals surface area contributed by atoms with Gasteiger partial charge in [0.2, 0.25) is 0 Å². The zero-order chi connectivity index (χ0) is 6.10. The minimum atomic E-state index is 0. The van der Waals surface area contributed by atoms with Crippen LogP contribution in [0.3, 0.4) is 0 Å². The SMILES string of the molecule is N.c1ccc2c(c1)COC2. The van der Waals surface area contributed by atoms with Gasteiger partial charge in [0.1, 0.15) is 0 Å². The first-order valence-corrected chi connectivity index (χ1v) is 3.11. The van der Waals surface area contributed by atoms with Crippen LogP contribution >= 0.6 is 0 Å². The molecule has 0 radical (unpaired) electrons. The third-order valence-corrected chi connectivity index (χ3v) is 1.63. The molecule has 0 saturated carbocycles. The van der Waals surface area contributed by atoms with Crippen LogP contribution in [0.2, 0.25) is 0 Å². The van der Waals surface area contributed by atoms with Crippen LogP contribution in [0.25, 0.3) is 0 Å². The summed E-state index contributed by atoms with van der Waals surface area (Å²) in [5.41, 5.74) is 2.69. The Morgan fingerprint density at radius 3 is 2.00 bits per heavy atom. The van der Waals surface area contributed by atoms with Gasteiger partial charge in [0.25, 0.3) is 0 Å². The van der Waals surface area contributed by atoms with Crippen molar-refractivity contribution in [2.75, 3.05) is 0 Å². The smallest absolute Gasteiger partial charge is 0.0724 e. The van der Waals surface area contributed by atoms with Crippen molar-refractivity contribution in [1.29, 1.82) is 0 Å². The standard InChI is InChI=1S/C8H8O.H3N/c1-2-4-8-6-9-5-7(8)3-1;/h1-4H,5-6H2;1H3. The van der Waals surface area contributed by atoms with E-state index in [-0.39, 0.29) is 6.15 Å². The van der Waals surface area contributed by atoms with E-state index in [2.05, 4.69) is 12.1 Å². The van der Waals surface area contributed by atoms with E-state index in [0.717, 1.165) is 13.2 Å². The van der Waals surface area contributed by atoms with E-state index < -0.39 is 0 Å². The fourth-order valence-electron chi connectivity index (χ4n) is 1.11. The lowest BCUT2D eigenvalue weighted by molar-refractivity contribution is 0.134. The molecule has 1 aliphatic rings. The molecule has 0 fully saturated rings. The van der Waals surface area contributed by atoms with Crippen molar-refractivity contribution in [2.45, 2.75) is 13.2 Å². The molecular formula is C8H11NO. The van der Waals surface area contributed by atoms with Crippen molar-refractivity contribution < 1.29 is 4.74 Å². The Bertz CT molecular complexity index is 199. The molecule has 0 atom stereocenters. The molecule has 2 rings (SSSR count). The minimum Gasteiger partial charge on any atom is -0.372 e. The van der Waals surface area contributed by atoms with Crippen LogP contribution in [0, 0.1) is 0 Å². The quantitative estimate of drug-likeness (QED) is 0.593. The lowest BCUT2D eigenvalue weighted by Crippen LogP contribution is -1.77. The monoisotopic (exact) mass is 137 g/mol. The van der Waals surface area contributed by atoms with E-state index >= 15 is 0 Å². The Balaban J connectivity index is 0.000000500. The molecule has 0 aromatic heterocycles. The Labute approximate surface area is 60.4 Å². The number of benzene rings is 1. The molecule has 0 saturated heterocycles. The molecule has 54 valence electrons. The summed E-state index contributed by atoms with van der Waals surface area (Å²) < 4.78 is 5.21. The topological polar surface area (TPSA) is 44.2 Å². The van der Waals surface area contributed by atoms with Crippen LogP contribution in [0.4, 0.5) is 0 Å². The maximum atomic E-state index is 5.21. The highest BCUT2D eigenvalue weighted by Crippen LogP contribution is 2.17. The van der Waals surface area contributed by atoms with Crippen molar-refractivity contribution in [3.05, 3.63) is 35.4 Å². The van der Waals surface area contributed by atoms with Gasteiger partial charge in [0.15, 0.2) is 0 Å². The van der Waals surface area contributed by atoms with E-state index in [9.17, 15) is 0 Å².